The Balaban J connectivity index is 0.000000329. The average molecular weight is 585 g/mol. The molecule has 0 amide bonds. The highest BCUT2D eigenvalue weighted by Crippen LogP contribution is 2.29. The van der Waals surface area contributed by atoms with E-state index in [0.717, 1.165) is 11.0 Å². The largest absolute Gasteiger partial charge is 0.507 e. The number of phenolic OH excluding ortho intramolecular Hbond substituents is 1. The molecule has 0 aliphatic rings. The summed E-state index contributed by atoms with van der Waals surface area (Å²) in [6.45, 7) is 4.75. The van der Waals surface area contributed by atoms with Crippen LogP contribution in [0.15, 0.2) is 71.6 Å². The number of aromatic hydroxyl groups is 1. The quantitative estimate of drug-likeness (QED) is 0.0887. The third-order valence-corrected chi connectivity index (χ3v) is 8.62. The molecule has 0 aromatic heterocycles. The smallest absolute Gasteiger partial charge is 0.295 e. The van der Waals surface area contributed by atoms with Gasteiger partial charge in [-0.2, -0.15) is 8.42 Å². The fourth-order valence-corrected chi connectivity index (χ4v) is 6.07. The zero-order valence-electron chi connectivity index (χ0n) is 25.7. The number of fused-ring (bicyclic) bond motifs is 1. The van der Waals surface area contributed by atoms with Gasteiger partial charge in [0.1, 0.15) is 17.2 Å². The SMILES string of the molecule is CCCCCCCCCCCCCCCC[N+](C)(C)Cc1ccccc1.O=S(=O)(O)c1ccc(O)c2ccccc12. The third-order valence-electron chi connectivity index (χ3n) is 7.71. The molecule has 228 valence electrons. The molecule has 0 bridgehead atoms. The van der Waals surface area contributed by atoms with Gasteiger partial charge in [-0.3, -0.25) is 4.55 Å². The van der Waals surface area contributed by atoms with Crippen molar-refractivity contribution in [3.63, 3.8) is 0 Å². The molecule has 0 saturated heterocycles. The van der Waals surface area contributed by atoms with E-state index in [-0.39, 0.29) is 10.6 Å². The molecule has 0 fully saturated rings. The van der Waals surface area contributed by atoms with Gasteiger partial charge in [-0.1, -0.05) is 139 Å². The molecule has 3 aromatic rings. The molecule has 5 nitrogen and oxygen atoms in total. The summed E-state index contributed by atoms with van der Waals surface area (Å²) in [5.41, 5.74) is 1.46. The second-order valence-electron chi connectivity index (χ2n) is 12.0. The molecule has 3 rings (SSSR count). The lowest BCUT2D eigenvalue weighted by atomic mass is 10.0. The number of nitrogens with zero attached hydrogens (tertiary/aromatic N) is 1. The van der Waals surface area contributed by atoms with E-state index in [1.54, 1.807) is 18.2 Å². The molecule has 41 heavy (non-hydrogen) atoms. The molecule has 6 heteroatoms. The lowest BCUT2D eigenvalue weighted by Gasteiger charge is -2.30. The van der Waals surface area contributed by atoms with E-state index in [2.05, 4.69) is 51.4 Å². The summed E-state index contributed by atoms with van der Waals surface area (Å²) in [5.74, 6) is -0.0157. The van der Waals surface area contributed by atoms with Crippen LogP contribution in [-0.2, 0) is 16.7 Å². The average Bonchev–Trinajstić information content (AvgIpc) is 2.93. The molecule has 0 aliphatic heterocycles. The first kappa shape index (κ1) is 34.8. The van der Waals surface area contributed by atoms with Crippen LogP contribution in [0.5, 0.6) is 5.75 Å². The Labute approximate surface area is 250 Å². The predicted octanol–water partition coefficient (Wildman–Crippen LogP) is 9.54. The van der Waals surface area contributed by atoms with Gasteiger partial charge in [-0.25, -0.2) is 0 Å². The first-order valence-corrected chi connectivity index (χ1v) is 17.1. The van der Waals surface area contributed by atoms with Gasteiger partial charge in [-0.05, 0) is 25.0 Å². The van der Waals surface area contributed by atoms with Crippen molar-refractivity contribution < 1.29 is 22.6 Å². The van der Waals surface area contributed by atoms with Crippen molar-refractivity contribution in [2.24, 2.45) is 0 Å². The minimum atomic E-state index is -4.26. The summed E-state index contributed by atoms with van der Waals surface area (Å²) in [6.07, 6.45) is 20.2. The molecular weight excluding hydrogens is 530 g/mol. The summed E-state index contributed by atoms with van der Waals surface area (Å²) < 4.78 is 32.1. The summed E-state index contributed by atoms with van der Waals surface area (Å²) in [7, 11) is 0.483. The number of benzene rings is 3. The van der Waals surface area contributed by atoms with Crippen LogP contribution >= 0.6 is 0 Å². The lowest BCUT2D eigenvalue weighted by molar-refractivity contribution is -0.903. The normalized spacial score (nSPS) is 11.8. The van der Waals surface area contributed by atoms with Crippen LogP contribution in [-0.4, -0.2) is 43.2 Å². The summed E-state index contributed by atoms with van der Waals surface area (Å²) in [6, 6.07) is 19.8. The monoisotopic (exact) mass is 584 g/mol. The van der Waals surface area contributed by atoms with Crippen molar-refractivity contribution >= 4 is 20.9 Å². The van der Waals surface area contributed by atoms with Gasteiger partial charge in [0.25, 0.3) is 10.1 Å². The highest BCUT2D eigenvalue weighted by Gasteiger charge is 2.16. The molecule has 0 atom stereocenters. The van der Waals surface area contributed by atoms with Crippen molar-refractivity contribution in [1.82, 2.24) is 0 Å². The van der Waals surface area contributed by atoms with Crippen LogP contribution in [0.1, 0.15) is 102 Å². The fourth-order valence-electron chi connectivity index (χ4n) is 5.37. The second-order valence-corrected chi connectivity index (χ2v) is 13.4. The first-order valence-electron chi connectivity index (χ1n) is 15.7. The molecule has 3 aromatic carbocycles. The van der Waals surface area contributed by atoms with E-state index in [1.807, 2.05) is 0 Å². The van der Waals surface area contributed by atoms with Crippen LogP contribution in [0.4, 0.5) is 0 Å². The molecule has 0 unspecified atom stereocenters. The van der Waals surface area contributed by atoms with Crippen LogP contribution < -0.4 is 0 Å². The van der Waals surface area contributed by atoms with Gasteiger partial charge in [-0.15, -0.1) is 0 Å². The second kappa shape index (κ2) is 18.9. The minimum Gasteiger partial charge on any atom is -0.507 e. The maximum atomic E-state index is 11.0. The van der Waals surface area contributed by atoms with Crippen molar-refractivity contribution in [2.45, 2.75) is 108 Å². The summed E-state index contributed by atoms with van der Waals surface area (Å²) in [5, 5.41) is 10.2. The number of unbranched alkanes of at least 4 members (excludes halogenated alkanes) is 13. The zero-order valence-corrected chi connectivity index (χ0v) is 26.5. The van der Waals surface area contributed by atoms with Crippen molar-refractivity contribution in [3.8, 4) is 5.75 Å². The highest BCUT2D eigenvalue weighted by molar-refractivity contribution is 7.86. The fraction of sp³-hybridized carbons (Fsp3) is 0.543. The summed E-state index contributed by atoms with van der Waals surface area (Å²) in [4.78, 5) is -0.198. The molecule has 0 aliphatic carbocycles. The Hall–Kier alpha value is -2.41. The molecule has 0 radical (unpaired) electrons. The number of quaternary nitrogens is 1. The van der Waals surface area contributed by atoms with Crippen LogP contribution in [0.25, 0.3) is 10.8 Å². The third kappa shape index (κ3) is 14.4. The number of phenols is 1. The molecule has 0 heterocycles. The van der Waals surface area contributed by atoms with Gasteiger partial charge < -0.3 is 9.59 Å². The predicted molar refractivity (Wildman–Crippen MR) is 173 cm³/mol. The van der Waals surface area contributed by atoms with E-state index in [1.165, 1.54) is 120 Å². The van der Waals surface area contributed by atoms with Crippen LogP contribution in [0, 0.1) is 0 Å². The van der Waals surface area contributed by atoms with Crippen molar-refractivity contribution in [3.05, 3.63) is 72.3 Å². The first-order chi connectivity index (χ1) is 19.6. The van der Waals surface area contributed by atoms with E-state index >= 15 is 0 Å². The van der Waals surface area contributed by atoms with Gasteiger partial charge >= 0.3 is 0 Å². The van der Waals surface area contributed by atoms with E-state index in [0.29, 0.717) is 10.8 Å². The standard InChI is InChI=1S/C25H46N.C10H8O4S/c1-4-5-6-7-8-9-10-11-12-13-14-15-16-20-23-26(2,3)24-25-21-18-17-19-22-25;11-9-5-6-10(15(12,13)14)8-4-2-1-3-7(8)9/h17-19,21-22H,4-16,20,23-24H2,1-3H3;1-6,11H,(H,12,13,14)/q+1;. The molecular formula is C35H54NO4S+. The maximum absolute atomic E-state index is 11.0. The Morgan fingerprint density at radius 3 is 1.59 bits per heavy atom. The van der Waals surface area contributed by atoms with Crippen molar-refractivity contribution in [2.75, 3.05) is 20.6 Å². The topological polar surface area (TPSA) is 74.6 Å². The van der Waals surface area contributed by atoms with E-state index in [9.17, 15) is 13.5 Å². The minimum absolute atomic E-state index is 0.0157. The van der Waals surface area contributed by atoms with Gasteiger partial charge in [0.15, 0.2) is 0 Å². The van der Waals surface area contributed by atoms with Crippen molar-refractivity contribution in [1.29, 1.82) is 0 Å². The Morgan fingerprint density at radius 1 is 0.610 bits per heavy atom. The maximum Gasteiger partial charge on any atom is 0.295 e. The van der Waals surface area contributed by atoms with Gasteiger partial charge in [0, 0.05) is 16.3 Å². The summed E-state index contributed by atoms with van der Waals surface area (Å²) >= 11 is 0. The molecule has 0 spiro atoms. The zero-order chi connectivity index (χ0) is 30.0. The Bertz CT molecular complexity index is 1230. The van der Waals surface area contributed by atoms with Gasteiger partial charge in [0.05, 0.1) is 20.6 Å². The molecule has 0 saturated carbocycles. The van der Waals surface area contributed by atoms with Gasteiger partial charge in [0.2, 0.25) is 0 Å². The molecule has 2 N–H and O–H groups in total. The number of rotatable bonds is 18. The number of hydrogen-bond acceptors (Lipinski definition) is 3. The highest BCUT2D eigenvalue weighted by atomic mass is 32.2. The van der Waals surface area contributed by atoms with Crippen LogP contribution in [0.2, 0.25) is 0 Å². The van der Waals surface area contributed by atoms with E-state index in [4.69, 9.17) is 4.55 Å². The Morgan fingerprint density at radius 2 is 1.07 bits per heavy atom. The number of hydrogen-bond donors (Lipinski definition) is 2. The Kier molecular flexibility index (Phi) is 16.0. The van der Waals surface area contributed by atoms with E-state index < -0.39 is 10.1 Å². The lowest BCUT2D eigenvalue weighted by Crippen LogP contribution is -2.39. The van der Waals surface area contributed by atoms with Crippen LogP contribution in [0.3, 0.4) is 0 Å².